The Morgan fingerprint density at radius 3 is 2.75 bits per heavy atom. The maximum absolute atomic E-state index is 12.4. The highest BCUT2D eigenvalue weighted by molar-refractivity contribution is 5.80. The van der Waals surface area contributed by atoms with Gasteiger partial charge in [-0.2, -0.15) is 0 Å². The summed E-state index contributed by atoms with van der Waals surface area (Å²) in [6, 6.07) is 1.68. The second-order valence-corrected chi connectivity index (χ2v) is 6.26. The van der Waals surface area contributed by atoms with Gasteiger partial charge in [-0.1, -0.05) is 0 Å². The SMILES string of the molecule is Cc1cc(N2CCCCC2C(=O)OC(C)(C)C)ncn1. The highest BCUT2D eigenvalue weighted by atomic mass is 16.6. The second kappa shape index (κ2) is 5.77. The van der Waals surface area contributed by atoms with E-state index in [-0.39, 0.29) is 12.0 Å². The Morgan fingerprint density at radius 1 is 1.35 bits per heavy atom. The third-order valence-electron chi connectivity index (χ3n) is 3.27. The van der Waals surface area contributed by atoms with Gasteiger partial charge in [-0.05, 0) is 47.0 Å². The van der Waals surface area contributed by atoms with Crippen LogP contribution >= 0.6 is 0 Å². The number of rotatable bonds is 2. The Labute approximate surface area is 120 Å². The summed E-state index contributed by atoms with van der Waals surface area (Å²) in [5.74, 6) is 0.654. The van der Waals surface area contributed by atoms with E-state index in [0.717, 1.165) is 37.3 Å². The van der Waals surface area contributed by atoms with Crippen LogP contribution in [-0.4, -0.2) is 34.1 Å². The lowest BCUT2D eigenvalue weighted by molar-refractivity contribution is -0.157. The first-order chi connectivity index (χ1) is 9.37. The molecule has 2 heterocycles. The Hall–Kier alpha value is -1.65. The van der Waals surface area contributed by atoms with E-state index in [4.69, 9.17) is 4.74 Å². The van der Waals surface area contributed by atoms with Gasteiger partial charge >= 0.3 is 5.97 Å². The molecule has 1 aromatic rings. The standard InChI is InChI=1S/C15H23N3O2/c1-11-9-13(17-10-16-11)18-8-6-5-7-12(18)14(19)20-15(2,3)4/h9-10,12H,5-8H2,1-4H3. The Balaban J connectivity index is 2.19. The molecule has 1 aromatic heterocycles. The zero-order valence-electron chi connectivity index (χ0n) is 12.7. The van der Waals surface area contributed by atoms with Crippen LogP contribution in [0.2, 0.25) is 0 Å². The van der Waals surface area contributed by atoms with Crippen molar-refractivity contribution in [1.82, 2.24) is 9.97 Å². The molecule has 1 fully saturated rings. The van der Waals surface area contributed by atoms with Crippen LogP contribution in [0.1, 0.15) is 45.7 Å². The van der Waals surface area contributed by atoms with Crippen molar-refractivity contribution in [1.29, 1.82) is 0 Å². The minimum absolute atomic E-state index is 0.159. The highest BCUT2D eigenvalue weighted by Gasteiger charge is 2.33. The Morgan fingerprint density at radius 2 is 2.10 bits per heavy atom. The van der Waals surface area contributed by atoms with Crippen molar-refractivity contribution in [3.8, 4) is 0 Å². The molecule has 0 aromatic carbocycles. The third-order valence-corrected chi connectivity index (χ3v) is 3.27. The first kappa shape index (κ1) is 14.8. The number of hydrogen-bond acceptors (Lipinski definition) is 5. The van der Waals surface area contributed by atoms with E-state index in [1.807, 2.05) is 38.7 Å². The van der Waals surface area contributed by atoms with Gasteiger partial charge in [0.2, 0.25) is 0 Å². The zero-order chi connectivity index (χ0) is 14.8. The molecule has 20 heavy (non-hydrogen) atoms. The Bertz CT molecular complexity index is 482. The number of anilines is 1. The number of nitrogens with zero attached hydrogens (tertiary/aromatic N) is 3. The third kappa shape index (κ3) is 3.68. The van der Waals surface area contributed by atoms with Gasteiger partial charge in [0.15, 0.2) is 0 Å². The van der Waals surface area contributed by atoms with E-state index in [1.54, 1.807) is 6.33 Å². The summed E-state index contributed by atoms with van der Waals surface area (Å²) < 4.78 is 5.54. The molecule has 2 rings (SSSR count). The number of aryl methyl sites for hydroxylation is 1. The first-order valence-corrected chi connectivity index (χ1v) is 7.15. The van der Waals surface area contributed by atoms with Crippen LogP contribution in [0.25, 0.3) is 0 Å². The van der Waals surface area contributed by atoms with E-state index in [2.05, 4.69) is 9.97 Å². The molecular formula is C15H23N3O2. The first-order valence-electron chi connectivity index (χ1n) is 7.15. The summed E-state index contributed by atoms with van der Waals surface area (Å²) in [5.41, 5.74) is 0.449. The number of hydrogen-bond donors (Lipinski definition) is 0. The van der Waals surface area contributed by atoms with Crippen LogP contribution in [0.5, 0.6) is 0 Å². The molecule has 1 unspecified atom stereocenters. The van der Waals surface area contributed by atoms with Crippen LogP contribution in [0.3, 0.4) is 0 Å². The summed E-state index contributed by atoms with van der Waals surface area (Å²) in [5, 5.41) is 0. The van der Waals surface area contributed by atoms with E-state index in [0.29, 0.717) is 0 Å². The number of piperidine rings is 1. The number of carbonyl (C=O) groups excluding carboxylic acids is 1. The van der Waals surface area contributed by atoms with Crippen LogP contribution in [-0.2, 0) is 9.53 Å². The molecule has 0 N–H and O–H groups in total. The average Bonchev–Trinajstić information content (AvgIpc) is 2.37. The predicted molar refractivity (Wildman–Crippen MR) is 77.6 cm³/mol. The van der Waals surface area contributed by atoms with Gasteiger partial charge in [0.1, 0.15) is 23.8 Å². The lowest BCUT2D eigenvalue weighted by atomic mass is 10.0. The maximum atomic E-state index is 12.4. The van der Waals surface area contributed by atoms with Crippen molar-refractivity contribution in [2.45, 2.75) is 58.6 Å². The molecule has 0 saturated carbocycles. The summed E-state index contributed by atoms with van der Waals surface area (Å²) in [7, 11) is 0. The van der Waals surface area contributed by atoms with Crippen LogP contribution < -0.4 is 4.90 Å². The molecule has 5 nitrogen and oxygen atoms in total. The van der Waals surface area contributed by atoms with Gasteiger partial charge in [-0.15, -0.1) is 0 Å². The summed E-state index contributed by atoms with van der Waals surface area (Å²) in [6.07, 6.45) is 4.48. The van der Waals surface area contributed by atoms with E-state index >= 15 is 0 Å². The molecule has 1 saturated heterocycles. The minimum Gasteiger partial charge on any atom is -0.458 e. The summed E-state index contributed by atoms with van der Waals surface area (Å²) in [6.45, 7) is 8.45. The molecular weight excluding hydrogens is 254 g/mol. The van der Waals surface area contributed by atoms with Crippen molar-refractivity contribution in [2.24, 2.45) is 0 Å². The molecule has 0 amide bonds. The van der Waals surface area contributed by atoms with Crippen molar-refractivity contribution in [3.05, 3.63) is 18.1 Å². The van der Waals surface area contributed by atoms with Crippen molar-refractivity contribution in [2.75, 3.05) is 11.4 Å². The van der Waals surface area contributed by atoms with Gasteiger partial charge in [-0.3, -0.25) is 0 Å². The van der Waals surface area contributed by atoms with Gasteiger partial charge < -0.3 is 9.64 Å². The number of ether oxygens (including phenoxy) is 1. The van der Waals surface area contributed by atoms with Gasteiger partial charge in [-0.25, -0.2) is 14.8 Å². The number of esters is 1. The zero-order valence-corrected chi connectivity index (χ0v) is 12.7. The molecule has 5 heteroatoms. The Kier molecular flexibility index (Phi) is 4.26. The number of aromatic nitrogens is 2. The van der Waals surface area contributed by atoms with E-state index in [9.17, 15) is 4.79 Å². The van der Waals surface area contributed by atoms with Crippen LogP contribution in [0.15, 0.2) is 12.4 Å². The fourth-order valence-corrected chi connectivity index (χ4v) is 2.42. The lowest BCUT2D eigenvalue weighted by Crippen LogP contribution is -2.47. The van der Waals surface area contributed by atoms with Crippen molar-refractivity contribution in [3.63, 3.8) is 0 Å². The quantitative estimate of drug-likeness (QED) is 0.777. The van der Waals surface area contributed by atoms with Crippen LogP contribution in [0, 0.1) is 6.92 Å². The van der Waals surface area contributed by atoms with Gasteiger partial charge in [0, 0.05) is 18.3 Å². The van der Waals surface area contributed by atoms with E-state index in [1.165, 1.54) is 0 Å². The van der Waals surface area contributed by atoms with E-state index < -0.39 is 5.60 Å². The average molecular weight is 277 g/mol. The van der Waals surface area contributed by atoms with Gasteiger partial charge in [0.25, 0.3) is 0 Å². The molecule has 110 valence electrons. The molecule has 0 bridgehead atoms. The predicted octanol–water partition coefficient (Wildman–Crippen LogP) is 2.49. The lowest BCUT2D eigenvalue weighted by Gasteiger charge is -2.36. The maximum Gasteiger partial charge on any atom is 0.329 e. The van der Waals surface area contributed by atoms with Gasteiger partial charge in [0.05, 0.1) is 0 Å². The van der Waals surface area contributed by atoms with Crippen molar-refractivity contribution < 1.29 is 9.53 Å². The minimum atomic E-state index is -0.457. The highest BCUT2D eigenvalue weighted by Crippen LogP contribution is 2.25. The number of carbonyl (C=O) groups is 1. The largest absolute Gasteiger partial charge is 0.458 e. The van der Waals surface area contributed by atoms with Crippen molar-refractivity contribution >= 4 is 11.8 Å². The fourth-order valence-electron chi connectivity index (χ4n) is 2.42. The smallest absolute Gasteiger partial charge is 0.329 e. The van der Waals surface area contributed by atoms with Crippen LogP contribution in [0.4, 0.5) is 5.82 Å². The molecule has 0 radical (unpaired) electrons. The summed E-state index contributed by atoms with van der Waals surface area (Å²) in [4.78, 5) is 22.8. The normalized spacial score (nSPS) is 19.8. The topological polar surface area (TPSA) is 55.3 Å². The summed E-state index contributed by atoms with van der Waals surface area (Å²) >= 11 is 0. The molecule has 1 atom stereocenters. The monoisotopic (exact) mass is 277 g/mol. The molecule has 0 spiro atoms. The molecule has 0 aliphatic carbocycles. The molecule has 1 aliphatic rings. The molecule has 1 aliphatic heterocycles. The fraction of sp³-hybridized carbons (Fsp3) is 0.667. The second-order valence-electron chi connectivity index (χ2n) is 6.26.